The largest absolute Gasteiger partial charge is 0.479 e. The van der Waals surface area contributed by atoms with Gasteiger partial charge in [0.2, 0.25) is 0 Å². The van der Waals surface area contributed by atoms with E-state index in [-0.39, 0.29) is 5.91 Å². The maximum absolute atomic E-state index is 12.4. The van der Waals surface area contributed by atoms with Crippen LogP contribution in [0.15, 0.2) is 30.6 Å². The highest BCUT2D eigenvalue weighted by Crippen LogP contribution is 2.35. The molecule has 2 N–H and O–H groups in total. The molecule has 6 heteroatoms. The summed E-state index contributed by atoms with van der Waals surface area (Å²) in [5, 5.41) is 0. The zero-order valence-electron chi connectivity index (χ0n) is 12.1. The standard InChI is InChI=1S/C15H18N4O2/c1-10-15(20)19(7-5-14-17-6-8-18(14)2)12-4-3-11(16)9-13(12)21-10/h3-4,6,8-10H,5,7,16H2,1-2H3. The first kappa shape index (κ1) is 13.5. The summed E-state index contributed by atoms with van der Waals surface area (Å²) < 4.78 is 7.58. The molecule has 1 aliphatic heterocycles. The van der Waals surface area contributed by atoms with E-state index in [0.29, 0.717) is 24.4 Å². The Balaban J connectivity index is 1.86. The van der Waals surface area contributed by atoms with Gasteiger partial charge in [0.1, 0.15) is 11.6 Å². The minimum atomic E-state index is -0.499. The van der Waals surface area contributed by atoms with Crippen LogP contribution in [0, 0.1) is 0 Å². The third-order valence-electron chi connectivity index (χ3n) is 3.67. The smallest absolute Gasteiger partial charge is 0.267 e. The highest BCUT2D eigenvalue weighted by atomic mass is 16.5. The van der Waals surface area contributed by atoms with Gasteiger partial charge < -0.3 is 19.9 Å². The average Bonchev–Trinajstić information content (AvgIpc) is 2.85. The molecule has 1 aromatic heterocycles. The summed E-state index contributed by atoms with van der Waals surface area (Å²) in [6, 6.07) is 5.36. The van der Waals surface area contributed by atoms with Crippen molar-refractivity contribution in [3.63, 3.8) is 0 Å². The number of anilines is 2. The number of fused-ring (bicyclic) bond motifs is 1. The lowest BCUT2D eigenvalue weighted by Crippen LogP contribution is -2.45. The molecule has 6 nitrogen and oxygen atoms in total. The number of nitrogens with two attached hydrogens (primary N) is 1. The van der Waals surface area contributed by atoms with Gasteiger partial charge >= 0.3 is 0 Å². The van der Waals surface area contributed by atoms with Crippen LogP contribution in [0.2, 0.25) is 0 Å². The van der Waals surface area contributed by atoms with E-state index >= 15 is 0 Å². The Kier molecular flexibility index (Phi) is 3.29. The van der Waals surface area contributed by atoms with Gasteiger partial charge in [-0.05, 0) is 19.1 Å². The van der Waals surface area contributed by atoms with Crippen LogP contribution in [-0.4, -0.2) is 28.1 Å². The van der Waals surface area contributed by atoms with Gasteiger partial charge in [0.15, 0.2) is 6.10 Å². The fraction of sp³-hybridized carbons (Fsp3) is 0.333. The fourth-order valence-electron chi connectivity index (χ4n) is 2.51. The van der Waals surface area contributed by atoms with E-state index in [2.05, 4.69) is 4.98 Å². The number of hydrogen-bond acceptors (Lipinski definition) is 4. The van der Waals surface area contributed by atoms with E-state index in [9.17, 15) is 4.79 Å². The van der Waals surface area contributed by atoms with Gasteiger partial charge in [-0.2, -0.15) is 0 Å². The van der Waals surface area contributed by atoms with E-state index in [1.54, 1.807) is 30.2 Å². The summed E-state index contributed by atoms with van der Waals surface area (Å²) in [5.41, 5.74) is 7.17. The first-order valence-corrected chi connectivity index (χ1v) is 6.90. The molecule has 2 heterocycles. The second-order valence-electron chi connectivity index (χ2n) is 5.18. The quantitative estimate of drug-likeness (QED) is 0.865. The lowest BCUT2D eigenvalue weighted by atomic mass is 10.1. The molecular weight excluding hydrogens is 268 g/mol. The van der Waals surface area contributed by atoms with Crippen molar-refractivity contribution >= 4 is 17.3 Å². The average molecular weight is 286 g/mol. The van der Waals surface area contributed by atoms with E-state index < -0.39 is 6.10 Å². The topological polar surface area (TPSA) is 73.4 Å². The molecule has 0 aliphatic carbocycles. The molecule has 0 bridgehead atoms. The summed E-state index contributed by atoms with van der Waals surface area (Å²) >= 11 is 0. The van der Waals surface area contributed by atoms with Gasteiger partial charge in [-0.25, -0.2) is 4.98 Å². The number of nitrogens with zero attached hydrogens (tertiary/aromatic N) is 3. The zero-order chi connectivity index (χ0) is 15.0. The van der Waals surface area contributed by atoms with Gasteiger partial charge in [0.05, 0.1) is 5.69 Å². The molecule has 1 atom stereocenters. The molecule has 1 aromatic carbocycles. The number of imidazole rings is 1. The van der Waals surface area contributed by atoms with Crippen LogP contribution in [0.3, 0.4) is 0 Å². The van der Waals surface area contributed by atoms with Crippen molar-refractivity contribution in [2.45, 2.75) is 19.4 Å². The fourth-order valence-corrected chi connectivity index (χ4v) is 2.51. The number of aryl methyl sites for hydroxylation is 1. The highest BCUT2D eigenvalue weighted by Gasteiger charge is 2.31. The number of hydrogen-bond donors (Lipinski definition) is 1. The van der Waals surface area contributed by atoms with E-state index in [4.69, 9.17) is 10.5 Å². The highest BCUT2D eigenvalue weighted by molar-refractivity contribution is 6.00. The lowest BCUT2D eigenvalue weighted by molar-refractivity contribution is -0.125. The number of benzene rings is 1. The van der Waals surface area contributed by atoms with E-state index in [1.807, 2.05) is 23.9 Å². The van der Waals surface area contributed by atoms with Crippen molar-refractivity contribution in [2.24, 2.45) is 7.05 Å². The molecule has 1 unspecified atom stereocenters. The number of nitrogen functional groups attached to an aromatic ring is 1. The summed E-state index contributed by atoms with van der Waals surface area (Å²) in [7, 11) is 1.95. The Morgan fingerprint density at radius 1 is 1.43 bits per heavy atom. The van der Waals surface area contributed by atoms with Crippen LogP contribution in [0.1, 0.15) is 12.7 Å². The second-order valence-corrected chi connectivity index (χ2v) is 5.18. The van der Waals surface area contributed by atoms with Crippen LogP contribution >= 0.6 is 0 Å². The Morgan fingerprint density at radius 2 is 2.24 bits per heavy atom. The number of amides is 1. The van der Waals surface area contributed by atoms with Crippen molar-refractivity contribution in [1.82, 2.24) is 9.55 Å². The molecule has 0 radical (unpaired) electrons. The van der Waals surface area contributed by atoms with Crippen LogP contribution in [0.25, 0.3) is 0 Å². The van der Waals surface area contributed by atoms with Gasteiger partial charge in [0.25, 0.3) is 5.91 Å². The van der Waals surface area contributed by atoms with Gasteiger partial charge in [-0.15, -0.1) is 0 Å². The number of carbonyl (C=O) groups excluding carboxylic acids is 1. The van der Waals surface area contributed by atoms with Crippen molar-refractivity contribution in [2.75, 3.05) is 17.2 Å². The molecule has 0 spiro atoms. The molecule has 0 saturated heterocycles. The molecule has 2 aromatic rings. The predicted octanol–water partition coefficient (Wildman–Crippen LogP) is 1.36. The molecule has 3 rings (SSSR count). The lowest BCUT2D eigenvalue weighted by Gasteiger charge is -2.33. The maximum atomic E-state index is 12.4. The molecule has 0 fully saturated rings. The van der Waals surface area contributed by atoms with Crippen molar-refractivity contribution in [3.05, 3.63) is 36.4 Å². The van der Waals surface area contributed by atoms with Gasteiger partial charge in [0, 0.05) is 44.2 Å². The second kappa shape index (κ2) is 5.12. The molecule has 110 valence electrons. The maximum Gasteiger partial charge on any atom is 0.267 e. The summed E-state index contributed by atoms with van der Waals surface area (Å²) in [6.45, 7) is 2.32. The first-order valence-electron chi connectivity index (χ1n) is 6.90. The van der Waals surface area contributed by atoms with Crippen LogP contribution in [0.4, 0.5) is 11.4 Å². The van der Waals surface area contributed by atoms with Gasteiger partial charge in [-0.3, -0.25) is 4.79 Å². The Morgan fingerprint density at radius 3 is 2.95 bits per heavy atom. The van der Waals surface area contributed by atoms with Crippen molar-refractivity contribution < 1.29 is 9.53 Å². The van der Waals surface area contributed by atoms with Crippen LogP contribution < -0.4 is 15.4 Å². The normalized spacial score (nSPS) is 17.5. The van der Waals surface area contributed by atoms with Crippen LogP contribution in [0.5, 0.6) is 5.75 Å². The summed E-state index contributed by atoms with van der Waals surface area (Å²) in [6.07, 6.45) is 3.84. The molecular formula is C15H18N4O2. The molecule has 21 heavy (non-hydrogen) atoms. The van der Waals surface area contributed by atoms with E-state index in [1.165, 1.54) is 0 Å². The van der Waals surface area contributed by atoms with Crippen molar-refractivity contribution in [1.29, 1.82) is 0 Å². The molecule has 0 saturated carbocycles. The van der Waals surface area contributed by atoms with Gasteiger partial charge in [-0.1, -0.05) is 0 Å². The third-order valence-corrected chi connectivity index (χ3v) is 3.67. The molecule has 1 amide bonds. The Bertz CT molecular complexity index is 680. The Labute approximate surface area is 123 Å². The number of aromatic nitrogens is 2. The monoisotopic (exact) mass is 286 g/mol. The Hall–Kier alpha value is -2.50. The van der Waals surface area contributed by atoms with Crippen LogP contribution in [-0.2, 0) is 18.3 Å². The summed E-state index contributed by atoms with van der Waals surface area (Å²) in [5.74, 6) is 1.56. The predicted molar refractivity (Wildman–Crippen MR) is 80.2 cm³/mol. The number of rotatable bonds is 3. The number of ether oxygens (including phenoxy) is 1. The minimum Gasteiger partial charge on any atom is -0.479 e. The number of carbonyl (C=O) groups is 1. The molecule has 1 aliphatic rings. The van der Waals surface area contributed by atoms with Crippen molar-refractivity contribution in [3.8, 4) is 5.75 Å². The minimum absolute atomic E-state index is 0.0403. The third kappa shape index (κ3) is 2.44. The first-order chi connectivity index (χ1) is 10.1. The SMILES string of the molecule is CC1Oc2cc(N)ccc2N(CCc2nccn2C)C1=O. The van der Waals surface area contributed by atoms with E-state index in [0.717, 1.165) is 11.5 Å². The zero-order valence-corrected chi connectivity index (χ0v) is 12.1. The summed E-state index contributed by atoms with van der Waals surface area (Å²) in [4.78, 5) is 18.4.